The summed E-state index contributed by atoms with van der Waals surface area (Å²) in [5, 5.41) is 0. The Hall–Kier alpha value is -3.39. The van der Waals surface area contributed by atoms with Gasteiger partial charge in [0.05, 0.1) is 15.4 Å². The SMILES string of the molecule is O=C(CCc1ccc(S(=O)(=O)c2cccc(F)c2)cc1)c1cnc2nccn2c1. The van der Waals surface area contributed by atoms with Gasteiger partial charge in [0.15, 0.2) is 5.78 Å². The third kappa shape index (κ3) is 3.93. The number of benzene rings is 2. The number of carbonyl (C=O) groups excluding carboxylic acids is 1. The monoisotopic (exact) mass is 409 g/mol. The zero-order chi connectivity index (χ0) is 20.4. The number of imidazole rings is 1. The number of aryl methyl sites for hydroxylation is 1. The summed E-state index contributed by atoms with van der Waals surface area (Å²) in [5.74, 6) is -0.147. The number of hydrogen-bond donors (Lipinski definition) is 0. The number of rotatable bonds is 6. The highest BCUT2D eigenvalue weighted by atomic mass is 32.2. The second-order valence-electron chi connectivity index (χ2n) is 6.51. The average Bonchev–Trinajstić information content (AvgIpc) is 3.20. The van der Waals surface area contributed by atoms with Gasteiger partial charge in [0.1, 0.15) is 5.82 Å². The molecule has 4 rings (SSSR count). The van der Waals surface area contributed by atoms with Crippen molar-refractivity contribution >= 4 is 21.4 Å². The van der Waals surface area contributed by atoms with Gasteiger partial charge in [0.25, 0.3) is 0 Å². The normalized spacial score (nSPS) is 11.6. The fourth-order valence-corrected chi connectivity index (χ4v) is 4.26. The molecule has 0 fully saturated rings. The topological polar surface area (TPSA) is 81.4 Å². The molecule has 0 atom stereocenters. The van der Waals surface area contributed by atoms with E-state index in [4.69, 9.17) is 0 Å². The Balaban J connectivity index is 1.46. The molecule has 0 spiro atoms. The first kappa shape index (κ1) is 18.9. The maximum Gasteiger partial charge on any atom is 0.233 e. The van der Waals surface area contributed by atoms with Crippen molar-refractivity contribution in [3.8, 4) is 0 Å². The molecular formula is C21H16FN3O3S. The average molecular weight is 409 g/mol. The number of sulfone groups is 1. The van der Waals surface area contributed by atoms with Gasteiger partial charge in [-0.25, -0.2) is 22.8 Å². The second-order valence-corrected chi connectivity index (χ2v) is 8.45. The molecule has 0 bridgehead atoms. The number of hydrogen-bond acceptors (Lipinski definition) is 5. The van der Waals surface area contributed by atoms with Gasteiger partial charge in [0, 0.05) is 31.2 Å². The van der Waals surface area contributed by atoms with E-state index in [1.807, 2.05) is 0 Å². The molecule has 2 heterocycles. The van der Waals surface area contributed by atoms with Gasteiger partial charge in [-0.3, -0.25) is 9.20 Å². The van der Waals surface area contributed by atoms with Crippen LogP contribution in [0.25, 0.3) is 5.78 Å². The van der Waals surface area contributed by atoms with E-state index in [1.165, 1.54) is 36.5 Å². The van der Waals surface area contributed by atoms with Crippen LogP contribution in [-0.4, -0.2) is 28.6 Å². The molecule has 0 aliphatic heterocycles. The van der Waals surface area contributed by atoms with Gasteiger partial charge in [-0.2, -0.15) is 0 Å². The van der Waals surface area contributed by atoms with Crippen molar-refractivity contribution in [1.29, 1.82) is 0 Å². The van der Waals surface area contributed by atoms with Crippen LogP contribution in [0, 0.1) is 5.82 Å². The molecule has 2 aromatic heterocycles. The van der Waals surface area contributed by atoms with E-state index in [-0.39, 0.29) is 22.0 Å². The molecule has 0 N–H and O–H groups in total. The van der Waals surface area contributed by atoms with Crippen LogP contribution in [-0.2, 0) is 16.3 Å². The molecule has 6 nitrogen and oxygen atoms in total. The fourth-order valence-electron chi connectivity index (χ4n) is 2.97. The second kappa shape index (κ2) is 7.56. The highest BCUT2D eigenvalue weighted by molar-refractivity contribution is 7.91. The van der Waals surface area contributed by atoms with E-state index >= 15 is 0 Å². The van der Waals surface area contributed by atoms with Crippen LogP contribution in [0.3, 0.4) is 0 Å². The Labute approximate surface area is 166 Å². The Morgan fingerprint density at radius 3 is 2.59 bits per heavy atom. The molecule has 4 aromatic rings. The van der Waals surface area contributed by atoms with E-state index in [1.54, 1.807) is 35.1 Å². The van der Waals surface area contributed by atoms with E-state index in [2.05, 4.69) is 9.97 Å². The Morgan fingerprint density at radius 1 is 1.03 bits per heavy atom. The van der Waals surface area contributed by atoms with Crippen LogP contribution < -0.4 is 0 Å². The van der Waals surface area contributed by atoms with Gasteiger partial charge >= 0.3 is 0 Å². The Morgan fingerprint density at radius 2 is 1.83 bits per heavy atom. The molecule has 0 aliphatic rings. The minimum absolute atomic E-state index is 0.0652. The summed E-state index contributed by atoms with van der Waals surface area (Å²) in [4.78, 5) is 20.6. The first-order chi connectivity index (χ1) is 13.9. The number of carbonyl (C=O) groups is 1. The summed E-state index contributed by atoms with van der Waals surface area (Å²) in [6.45, 7) is 0. The highest BCUT2D eigenvalue weighted by Gasteiger charge is 2.18. The maximum atomic E-state index is 13.4. The lowest BCUT2D eigenvalue weighted by atomic mass is 10.0. The minimum atomic E-state index is -3.79. The molecular weight excluding hydrogens is 393 g/mol. The van der Waals surface area contributed by atoms with Crippen molar-refractivity contribution in [2.24, 2.45) is 0 Å². The molecule has 0 unspecified atom stereocenters. The van der Waals surface area contributed by atoms with E-state index in [9.17, 15) is 17.6 Å². The zero-order valence-corrected chi connectivity index (χ0v) is 16.0. The third-order valence-electron chi connectivity index (χ3n) is 4.55. The van der Waals surface area contributed by atoms with Crippen LogP contribution in [0.5, 0.6) is 0 Å². The number of ketones is 1. The molecule has 2 aromatic carbocycles. The standard InChI is InChI=1S/C21H16FN3O3S/c22-17-2-1-3-19(12-17)29(27,28)18-7-4-15(5-8-18)6-9-20(26)16-13-24-21-23-10-11-25(21)14-16/h1-5,7-8,10-14H,6,9H2. The molecule has 29 heavy (non-hydrogen) atoms. The summed E-state index contributed by atoms with van der Waals surface area (Å²) < 4.78 is 40.2. The molecule has 0 saturated heterocycles. The van der Waals surface area contributed by atoms with Gasteiger partial charge in [-0.1, -0.05) is 18.2 Å². The van der Waals surface area contributed by atoms with Gasteiger partial charge in [-0.05, 0) is 42.3 Å². The number of nitrogens with zero attached hydrogens (tertiary/aromatic N) is 3. The van der Waals surface area contributed by atoms with Crippen molar-refractivity contribution in [3.63, 3.8) is 0 Å². The molecule has 0 amide bonds. The summed E-state index contributed by atoms with van der Waals surface area (Å²) in [6.07, 6.45) is 7.23. The lowest BCUT2D eigenvalue weighted by Crippen LogP contribution is -2.05. The smallest absolute Gasteiger partial charge is 0.233 e. The largest absolute Gasteiger partial charge is 0.294 e. The predicted molar refractivity (Wildman–Crippen MR) is 104 cm³/mol. The lowest BCUT2D eigenvalue weighted by Gasteiger charge is -2.07. The summed E-state index contributed by atoms with van der Waals surface area (Å²) in [7, 11) is -3.79. The first-order valence-corrected chi connectivity index (χ1v) is 10.3. The predicted octanol–water partition coefficient (Wildman–Crippen LogP) is 3.52. The molecule has 0 saturated carbocycles. The Kier molecular flexibility index (Phi) is 4.94. The van der Waals surface area contributed by atoms with Crippen LogP contribution in [0.1, 0.15) is 22.3 Å². The van der Waals surface area contributed by atoms with Gasteiger partial charge < -0.3 is 0 Å². The molecule has 0 aliphatic carbocycles. The van der Waals surface area contributed by atoms with Crippen molar-refractivity contribution in [2.75, 3.05) is 0 Å². The first-order valence-electron chi connectivity index (χ1n) is 8.85. The number of fused-ring (bicyclic) bond motifs is 1. The summed E-state index contributed by atoms with van der Waals surface area (Å²) in [5.41, 5.74) is 1.31. The van der Waals surface area contributed by atoms with Crippen molar-refractivity contribution in [2.45, 2.75) is 22.6 Å². The van der Waals surface area contributed by atoms with Crippen molar-refractivity contribution in [1.82, 2.24) is 14.4 Å². The number of Topliss-reactive ketones (excluding diaryl/α,β-unsaturated/α-hetero) is 1. The van der Waals surface area contributed by atoms with Crippen molar-refractivity contribution in [3.05, 3.63) is 90.3 Å². The van der Waals surface area contributed by atoms with E-state index in [0.717, 1.165) is 11.6 Å². The number of aromatic nitrogens is 3. The molecule has 0 radical (unpaired) electrons. The Bertz CT molecular complexity index is 1300. The minimum Gasteiger partial charge on any atom is -0.294 e. The van der Waals surface area contributed by atoms with Crippen LogP contribution in [0.2, 0.25) is 0 Å². The lowest BCUT2D eigenvalue weighted by molar-refractivity contribution is 0.0982. The van der Waals surface area contributed by atoms with Crippen molar-refractivity contribution < 1.29 is 17.6 Å². The molecule has 8 heteroatoms. The van der Waals surface area contributed by atoms with Crippen LogP contribution in [0.4, 0.5) is 4.39 Å². The quantitative estimate of drug-likeness (QED) is 0.455. The van der Waals surface area contributed by atoms with Crippen LogP contribution >= 0.6 is 0 Å². The van der Waals surface area contributed by atoms with E-state index in [0.29, 0.717) is 17.8 Å². The third-order valence-corrected chi connectivity index (χ3v) is 6.32. The van der Waals surface area contributed by atoms with Crippen LogP contribution in [0.15, 0.2) is 83.1 Å². The van der Waals surface area contributed by atoms with Gasteiger partial charge in [0.2, 0.25) is 15.6 Å². The zero-order valence-electron chi connectivity index (χ0n) is 15.2. The fraction of sp³-hybridized carbons (Fsp3) is 0.0952. The van der Waals surface area contributed by atoms with Gasteiger partial charge in [-0.15, -0.1) is 0 Å². The maximum absolute atomic E-state index is 13.4. The summed E-state index contributed by atoms with van der Waals surface area (Å²) in [6, 6.07) is 11.2. The van der Waals surface area contributed by atoms with E-state index < -0.39 is 15.7 Å². The number of halogens is 1. The summed E-state index contributed by atoms with van der Waals surface area (Å²) >= 11 is 0. The highest BCUT2D eigenvalue weighted by Crippen LogP contribution is 2.22. The molecule has 146 valence electrons.